The van der Waals surface area contributed by atoms with Gasteiger partial charge in [-0.25, -0.2) is 9.97 Å². The van der Waals surface area contributed by atoms with Crippen LogP contribution in [0.3, 0.4) is 0 Å². The van der Waals surface area contributed by atoms with Crippen molar-refractivity contribution in [2.75, 3.05) is 18.4 Å². The van der Waals surface area contributed by atoms with E-state index in [1.807, 2.05) is 24.5 Å². The normalized spacial score (nSPS) is 10.3. The third-order valence-electron chi connectivity index (χ3n) is 2.45. The number of aromatic nitrogens is 2. The van der Waals surface area contributed by atoms with Gasteiger partial charge in [-0.05, 0) is 23.3 Å². The minimum atomic E-state index is 0.573. The van der Waals surface area contributed by atoms with Crippen LogP contribution in [0.1, 0.15) is 11.1 Å². The Balaban J connectivity index is 1.99. The predicted octanol–water partition coefficient (Wildman–Crippen LogP) is 2.20. The molecule has 0 saturated heterocycles. The molecule has 18 heavy (non-hydrogen) atoms. The van der Waals surface area contributed by atoms with E-state index < -0.39 is 0 Å². The molecule has 94 valence electrons. The summed E-state index contributed by atoms with van der Waals surface area (Å²) in [6.07, 6.45) is 4.52. The summed E-state index contributed by atoms with van der Waals surface area (Å²) in [7, 11) is 0. The first-order chi connectivity index (χ1) is 8.78. The fourth-order valence-electron chi connectivity index (χ4n) is 1.56. The van der Waals surface area contributed by atoms with Crippen LogP contribution >= 0.6 is 15.9 Å². The Morgan fingerprint density at radius 1 is 1.06 bits per heavy atom. The Morgan fingerprint density at radius 2 is 1.72 bits per heavy atom. The van der Waals surface area contributed by atoms with Crippen LogP contribution in [0.2, 0.25) is 0 Å². The van der Waals surface area contributed by atoms with Gasteiger partial charge in [-0.3, -0.25) is 0 Å². The highest BCUT2D eigenvalue weighted by atomic mass is 79.9. The van der Waals surface area contributed by atoms with Crippen molar-refractivity contribution in [2.24, 2.45) is 5.73 Å². The molecule has 0 atom stereocenters. The van der Waals surface area contributed by atoms with Crippen LogP contribution in [0.15, 0.2) is 41.1 Å². The molecular formula is C13H15BrN4. The van der Waals surface area contributed by atoms with Crippen molar-refractivity contribution < 1.29 is 0 Å². The maximum atomic E-state index is 5.40. The Bertz CT molecular complexity index is 481. The molecule has 0 aliphatic rings. The average molecular weight is 307 g/mol. The molecule has 5 heteroatoms. The van der Waals surface area contributed by atoms with E-state index in [2.05, 4.69) is 43.3 Å². The van der Waals surface area contributed by atoms with Crippen molar-refractivity contribution in [3.05, 3.63) is 52.3 Å². The van der Waals surface area contributed by atoms with Crippen LogP contribution in [0.25, 0.3) is 0 Å². The Morgan fingerprint density at radius 3 is 2.33 bits per heavy atom. The second kappa shape index (κ2) is 6.47. The molecule has 1 heterocycles. The van der Waals surface area contributed by atoms with Gasteiger partial charge in [0.1, 0.15) is 0 Å². The minimum Gasteiger partial charge on any atom is -0.353 e. The highest BCUT2D eigenvalue weighted by Crippen LogP contribution is 2.13. The molecule has 0 radical (unpaired) electrons. The van der Waals surface area contributed by atoms with Gasteiger partial charge in [-0.2, -0.15) is 0 Å². The molecule has 0 spiro atoms. The van der Waals surface area contributed by atoms with Gasteiger partial charge in [0.15, 0.2) is 0 Å². The van der Waals surface area contributed by atoms with Crippen LogP contribution in [-0.2, 0) is 6.42 Å². The average Bonchev–Trinajstić information content (AvgIpc) is 2.41. The number of nitrogens with two attached hydrogens (primary N) is 1. The summed E-state index contributed by atoms with van der Waals surface area (Å²) in [5.74, 6) is 0.625. The first-order valence-corrected chi connectivity index (χ1v) is 6.56. The first kappa shape index (κ1) is 13.0. The fraction of sp³-hybridized carbons (Fsp3) is 0.231. The lowest BCUT2D eigenvalue weighted by atomic mass is 10.1. The highest BCUT2D eigenvalue weighted by molar-refractivity contribution is 9.10. The van der Waals surface area contributed by atoms with Crippen LogP contribution < -0.4 is 11.1 Å². The van der Waals surface area contributed by atoms with E-state index in [-0.39, 0.29) is 0 Å². The molecule has 2 aromatic rings. The van der Waals surface area contributed by atoms with Crippen molar-refractivity contribution in [1.82, 2.24) is 9.97 Å². The van der Waals surface area contributed by atoms with E-state index in [0.717, 1.165) is 16.5 Å². The molecule has 0 unspecified atom stereocenters. The molecular weight excluding hydrogens is 292 g/mol. The summed E-state index contributed by atoms with van der Waals surface area (Å²) < 4.78 is 1.09. The van der Waals surface area contributed by atoms with Gasteiger partial charge in [-0.1, -0.05) is 28.1 Å². The smallest absolute Gasteiger partial charge is 0.222 e. The number of anilines is 1. The van der Waals surface area contributed by atoms with Gasteiger partial charge in [0.2, 0.25) is 5.95 Å². The SMILES string of the molecule is NCCNc1ncc(Cc2ccc(Br)cc2)cn1. The summed E-state index contributed by atoms with van der Waals surface area (Å²) in [6, 6.07) is 8.25. The number of halogens is 1. The predicted molar refractivity (Wildman–Crippen MR) is 76.5 cm³/mol. The lowest BCUT2D eigenvalue weighted by molar-refractivity contribution is 0.978. The number of hydrogen-bond donors (Lipinski definition) is 2. The zero-order valence-electron chi connectivity index (χ0n) is 9.94. The number of nitrogens with one attached hydrogen (secondary N) is 1. The molecule has 0 aliphatic carbocycles. The fourth-order valence-corrected chi connectivity index (χ4v) is 1.82. The second-order valence-corrected chi connectivity index (χ2v) is 4.85. The molecule has 3 N–H and O–H groups in total. The molecule has 1 aromatic heterocycles. The first-order valence-electron chi connectivity index (χ1n) is 5.77. The molecule has 0 aliphatic heterocycles. The van der Waals surface area contributed by atoms with Crippen LogP contribution in [0, 0.1) is 0 Å². The Labute approximate surface area is 115 Å². The van der Waals surface area contributed by atoms with E-state index in [0.29, 0.717) is 19.0 Å². The van der Waals surface area contributed by atoms with E-state index >= 15 is 0 Å². The standard InChI is InChI=1S/C13H15BrN4/c14-12-3-1-10(2-4-12)7-11-8-17-13(18-9-11)16-6-5-15/h1-4,8-9H,5-7,15H2,(H,16,17,18). The zero-order valence-corrected chi connectivity index (χ0v) is 11.5. The van der Waals surface area contributed by atoms with Crippen LogP contribution in [-0.4, -0.2) is 23.1 Å². The molecule has 0 saturated carbocycles. The highest BCUT2D eigenvalue weighted by Gasteiger charge is 1.99. The van der Waals surface area contributed by atoms with Crippen molar-refractivity contribution in [3.8, 4) is 0 Å². The van der Waals surface area contributed by atoms with E-state index in [9.17, 15) is 0 Å². The van der Waals surface area contributed by atoms with E-state index in [1.54, 1.807) is 0 Å². The van der Waals surface area contributed by atoms with Crippen molar-refractivity contribution >= 4 is 21.9 Å². The zero-order chi connectivity index (χ0) is 12.8. The lowest BCUT2D eigenvalue weighted by Crippen LogP contribution is -2.14. The third kappa shape index (κ3) is 3.78. The summed E-state index contributed by atoms with van der Waals surface area (Å²) >= 11 is 3.42. The second-order valence-electron chi connectivity index (χ2n) is 3.93. The number of rotatable bonds is 5. The number of benzene rings is 1. The maximum Gasteiger partial charge on any atom is 0.222 e. The van der Waals surface area contributed by atoms with Crippen molar-refractivity contribution in [2.45, 2.75) is 6.42 Å². The quantitative estimate of drug-likeness (QED) is 0.889. The summed E-state index contributed by atoms with van der Waals surface area (Å²) in [5.41, 5.74) is 7.73. The summed E-state index contributed by atoms with van der Waals surface area (Å²) in [4.78, 5) is 8.49. The van der Waals surface area contributed by atoms with Gasteiger partial charge >= 0.3 is 0 Å². The Hall–Kier alpha value is -1.46. The van der Waals surface area contributed by atoms with Gasteiger partial charge < -0.3 is 11.1 Å². The topological polar surface area (TPSA) is 63.8 Å². The number of nitrogens with zero attached hydrogens (tertiary/aromatic N) is 2. The largest absolute Gasteiger partial charge is 0.353 e. The molecule has 0 amide bonds. The molecule has 0 fully saturated rings. The molecule has 4 nitrogen and oxygen atoms in total. The maximum absolute atomic E-state index is 5.40. The van der Waals surface area contributed by atoms with Gasteiger partial charge in [-0.15, -0.1) is 0 Å². The number of hydrogen-bond acceptors (Lipinski definition) is 4. The van der Waals surface area contributed by atoms with E-state index in [4.69, 9.17) is 5.73 Å². The molecule has 1 aromatic carbocycles. The van der Waals surface area contributed by atoms with Gasteiger partial charge in [0.25, 0.3) is 0 Å². The monoisotopic (exact) mass is 306 g/mol. The van der Waals surface area contributed by atoms with Crippen LogP contribution in [0.5, 0.6) is 0 Å². The van der Waals surface area contributed by atoms with E-state index in [1.165, 1.54) is 5.56 Å². The van der Waals surface area contributed by atoms with Crippen molar-refractivity contribution in [1.29, 1.82) is 0 Å². The van der Waals surface area contributed by atoms with Gasteiger partial charge in [0, 0.05) is 36.4 Å². The summed E-state index contributed by atoms with van der Waals surface area (Å²) in [5, 5.41) is 3.04. The third-order valence-corrected chi connectivity index (χ3v) is 2.98. The van der Waals surface area contributed by atoms with Crippen molar-refractivity contribution in [3.63, 3.8) is 0 Å². The molecule has 2 rings (SSSR count). The lowest BCUT2D eigenvalue weighted by Gasteiger charge is -2.04. The van der Waals surface area contributed by atoms with Gasteiger partial charge in [0.05, 0.1) is 0 Å². The molecule has 0 bridgehead atoms. The Kier molecular flexibility index (Phi) is 4.66. The van der Waals surface area contributed by atoms with Crippen LogP contribution in [0.4, 0.5) is 5.95 Å². The minimum absolute atomic E-state index is 0.573. The summed E-state index contributed by atoms with van der Waals surface area (Å²) in [6.45, 7) is 1.26.